The molecular formula is C94H83BN4. The Balaban J connectivity index is 0.958. The lowest BCUT2D eigenvalue weighted by Crippen LogP contribution is -2.61. The molecule has 0 amide bonds. The Hall–Kier alpha value is -10.9. The van der Waals surface area contributed by atoms with Gasteiger partial charge in [0.1, 0.15) is 0 Å². The average molecular weight is 1280 g/mol. The van der Waals surface area contributed by atoms with Crippen LogP contribution in [0.3, 0.4) is 0 Å². The maximum Gasteiger partial charge on any atom is 0.252 e. The van der Waals surface area contributed by atoms with E-state index in [0.717, 1.165) is 67.8 Å². The Morgan fingerprint density at radius 3 is 0.960 bits per heavy atom. The summed E-state index contributed by atoms with van der Waals surface area (Å²) in [5.41, 5.74) is 32.2. The summed E-state index contributed by atoms with van der Waals surface area (Å²) in [5, 5.41) is 4.93. The predicted molar refractivity (Wildman–Crippen MR) is 426 cm³/mol. The van der Waals surface area contributed by atoms with E-state index in [1.165, 1.54) is 105 Å². The number of hydrogen-bond acceptors (Lipinski definition) is 2. The van der Waals surface area contributed by atoms with Crippen LogP contribution in [0.1, 0.15) is 105 Å². The van der Waals surface area contributed by atoms with E-state index in [9.17, 15) is 0 Å². The van der Waals surface area contributed by atoms with Crippen molar-refractivity contribution < 1.29 is 0 Å². The van der Waals surface area contributed by atoms with E-state index in [0.29, 0.717) is 0 Å². The molecule has 0 aliphatic carbocycles. The highest BCUT2D eigenvalue weighted by Crippen LogP contribution is 2.51. The maximum atomic E-state index is 2.60. The van der Waals surface area contributed by atoms with E-state index < -0.39 is 0 Å². The summed E-state index contributed by atoms with van der Waals surface area (Å²) in [6.07, 6.45) is 0. The third kappa shape index (κ3) is 10.2. The maximum absolute atomic E-state index is 2.60. The Bertz CT molecular complexity index is 5320. The van der Waals surface area contributed by atoms with Gasteiger partial charge in [0.2, 0.25) is 0 Å². The summed E-state index contributed by atoms with van der Waals surface area (Å²) in [7, 11) is 0. The van der Waals surface area contributed by atoms with Gasteiger partial charge in [0.05, 0.1) is 33.4 Å². The Kier molecular flexibility index (Phi) is 14.2. The molecule has 0 radical (unpaired) electrons. The van der Waals surface area contributed by atoms with Gasteiger partial charge in [0.25, 0.3) is 6.71 Å². The highest BCUT2D eigenvalue weighted by atomic mass is 15.2. The molecule has 17 rings (SSSR count). The largest absolute Gasteiger partial charge is 0.311 e. The van der Waals surface area contributed by atoms with E-state index >= 15 is 0 Å². The van der Waals surface area contributed by atoms with Gasteiger partial charge in [-0.05, 0) is 143 Å². The summed E-state index contributed by atoms with van der Waals surface area (Å²) in [6, 6.07) is 109. The van der Waals surface area contributed by atoms with Crippen molar-refractivity contribution in [2.45, 2.75) is 105 Å². The molecule has 2 aliphatic rings. The third-order valence-electron chi connectivity index (χ3n) is 21.3. The van der Waals surface area contributed by atoms with Gasteiger partial charge >= 0.3 is 0 Å². The van der Waals surface area contributed by atoms with Crippen LogP contribution in [-0.2, 0) is 21.7 Å². The molecule has 0 bridgehead atoms. The molecule has 482 valence electrons. The molecule has 0 atom stereocenters. The fraction of sp³-hybridized carbons (Fsp3) is 0.170. The highest BCUT2D eigenvalue weighted by Gasteiger charge is 2.45. The zero-order valence-electron chi connectivity index (χ0n) is 59.0. The van der Waals surface area contributed by atoms with Crippen LogP contribution in [0.4, 0.5) is 34.1 Å². The number of fused-ring (bicyclic) bond motifs is 10. The number of aromatic nitrogens is 2. The number of para-hydroxylation sites is 6. The molecule has 15 aromatic rings. The molecule has 4 nitrogen and oxygen atoms in total. The van der Waals surface area contributed by atoms with Crippen LogP contribution in [0.15, 0.2) is 285 Å². The molecule has 0 unspecified atom stereocenters. The van der Waals surface area contributed by atoms with E-state index in [4.69, 9.17) is 0 Å². The summed E-state index contributed by atoms with van der Waals surface area (Å²) in [6.45, 7) is 27.9. The molecule has 5 heteroatoms. The lowest BCUT2D eigenvalue weighted by atomic mass is 9.33. The van der Waals surface area contributed by atoms with Gasteiger partial charge in [0, 0.05) is 77.9 Å². The van der Waals surface area contributed by atoms with E-state index in [1.54, 1.807) is 0 Å². The molecule has 0 saturated heterocycles. The zero-order chi connectivity index (χ0) is 68.0. The summed E-state index contributed by atoms with van der Waals surface area (Å²) in [4.78, 5) is 5.21. The van der Waals surface area contributed by atoms with Gasteiger partial charge in [0.15, 0.2) is 0 Å². The van der Waals surface area contributed by atoms with Crippen molar-refractivity contribution in [3.8, 4) is 55.9 Å². The lowest BCUT2D eigenvalue weighted by molar-refractivity contribution is 0.568. The van der Waals surface area contributed by atoms with Crippen molar-refractivity contribution >= 4 is 101 Å². The first kappa shape index (κ1) is 61.7. The molecule has 2 aliphatic heterocycles. The topological polar surface area (TPSA) is 16.3 Å². The van der Waals surface area contributed by atoms with Crippen molar-refractivity contribution in [3.05, 3.63) is 307 Å². The fourth-order valence-corrected chi connectivity index (χ4v) is 16.1. The second kappa shape index (κ2) is 22.9. The van der Waals surface area contributed by atoms with E-state index in [-0.39, 0.29) is 28.4 Å². The molecule has 99 heavy (non-hydrogen) atoms. The second-order valence-electron chi connectivity index (χ2n) is 31.8. The first-order chi connectivity index (χ1) is 47.7. The van der Waals surface area contributed by atoms with Gasteiger partial charge in [-0.1, -0.05) is 308 Å². The molecule has 4 heterocycles. The summed E-state index contributed by atoms with van der Waals surface area (Å²) >= 11 is 0. The summed E-state index contributed by atoms with van der Waals surface area (Å²) in [5.74, 6) is 0. The zero-order valence-corrected chi connectivity index (χ0v) is 59.0. The van der Waals surface area contributed by atoms with Crippen LogP contribution < -0.4 is 26.2 Å². The average Bonchev–Trinajstić information content (AvgIpc) is 1.00. The molecular weight excluding hydrogens is 1200 g/mol. The number of anilines is 6. The second-order valence-corrected chi connectivity index (χ2v) is 31.8. The minimum atomic E-state index is -0.168. The minimum Gasteiger partial charge on any atom is -0.311 e. The van der Waals surface area contributed by atoms with Crippen LogP contribution in [0.25, 0.3) is 99.5 Å². The molecule has 13 aromatic carbocycles. The minimum absolute atomic E-state index is 0.0587. The molecule has 0 N–H and O–H groups in total. The van der Waals surface area contributed by atoms with Crippen molar-refractivity contribution in [2.24, 2.45) is 0 Å². The molecule has 0 spiro atoms. The normalized spacial score (nSPS) is 13.2. The van der Waals surface area contributed by atoms with E-state index in [2.05, 4.69) is 387 Å². The van der Waals surface area contributed by atoms with Crippen LogP contribution in [0.5, 0.6) is 0 Å². The van der Waals surface area contributed by atoms with Gasteiger partial charge in [-0.3, -0.25) is 0 Å². The van der Waals surface area contributed by atoms with Crippen LogP contribution in [-0.4, -0.2) is 15.8 Å². The van der Waals surface area contributed by atoms with Crippen molar-refractivity contribution in [1.82, 2.24) is 9.13 Å². The number of benzene rings is 13. The van der Waals surface area contributed by atoms with Crippen molar-refractivity contribution in [1.29, 1.82) is 0 Å². The number of rotatable bonds is 8. The number of nitrogens with zero attached hydrogens (tertiary/aromatic N) is 4. The SMILES string of the molecule is CC(C)(C)c1cc(-c2cccc3c4ccccc4n(-c4ccc5c(c4)N(c4ccccc4-c4ccccc4)c4cccc6c4B5c4ccc(-n5c7ccccc7c7cccc(-c8cc(C(C)(C)C)cc(C(C)(C)C)c8)c75)cc4N6c4ccccc4-c4ccccc4)c23)cc(C(C)(C)C)c1. The van der Waals surface area contributed by atoms with Crippen LogP contribution in [0.2, 0.25) is 0 Å². The fourth-order valence-electron chi connectivity index (χ4n) is 16.1. The predicted octanol–water partition coefficient (Wildman–Crippen LogP) is 23.8. The van der Waals surface area contributed by atoms with Crippen molar-refractivity contribution in [2.75, 3.05) is 9.80 Å². The third-order valence-corrected chi connectivity index (χ3v) is 21.3. The quantitative estimate of drug-likeness (QED) is 0.141. The Labute approximate surface area is 584 Å². The Morgan fingerprint density at radius 1 is 0.242 bits per heavy atom. The van der Waals surface area contributed by atoms with E-state index in [1.807, 2.05) is 0 Å². The smallest absolute Gasteiger partial charge is 0.252 e. The van der Waals surface area contributed by atoms with Crippen molar-refractivity contribution in [3.63, 3.8) is 0 Å². The molecule has 0 fully saturated rings. The molecule has 2 aromatic heterocycles. The summed E-state index contributed by atoms with van der Waals surface area (Å²) < 4.78 is 5.14. The lowest BCUT2D eigenvalue weighted by Gasteiger charge is -2.45. The first-order valence-corrected chi connectivity index (χ1v) is 35.4. The standard InChI is InChI=1S/C94H83BN4/c1-91(2,3)64-52-62(53-65(56-64)92(4,5)6)72-38-27-40-76-74-36-21-25-44-82(74)96(89(72)76)68-48-50-78-86(58-68)98(80-42-23-19-34-70(80)60-30-15-13-16-31-60)84-46-29-47-85-88(84)95(78)79-51-49-69(59-87(79)99(85)81-43-24-20-35-71(81)61-32-17-14-18-33-61)97-83-45-26-22-37-75(83)77-41-28-39-73(90(77)97)63-54-66(93(7,8)9)57-67(55-63)94(10,11)12/h13-59H,1-12H3. The van der Waals surface area contributed by atoms with Gasteiger partial charge in [-0.15, -0.1) is 0 Å². The number of hydrogen-bond donors (Lipinski definition) is 0. The van der Waals surface area contributed by atoms with Gasteiger partial charge < -0.3 is 18.9 Å². The first-order valence-electron chi connectivity index (χ1n) is 35.4. The molecule has 0 saturated carbocycles. The van der Waals surface area contributed by atoms with Gasteiger partial charge in [-0.25, -0.2) is 0 Å². The highest BCUT2D eigenvalue weighted by molar-refractivity contribution is 7.00. The Morgan fingerprint density at radius 2 is 0.566 bits per heavy atom. The van der Waals surface area contributed by atoms with Crippen LogP contribution >= 0.6 is 0 Å². The van der Waals surface area contributed by atoms with Gasteiger partial charge in [-0.2, -0.15) is 0 Å². The van der Waals surface area contributed by atoms with Crippen LogP contribution in [0, 0.1) is 0 Å². The monoisotopic (exact) mass is 1280 g/mol.